The SMILES string of the molecule is c1cc2c(ccc3c[nH][nH]c32)n1. The number of hydrogen-bond acceptors (Lipinski definition) is 1. The molecule has 0 aliphatic carbocycles. The van der Waals surface area contributed by atoms with Crippen molar-refractivity contribution >= 4 is 21.8 Å². The average Bonchev–Trinajstić information content (AvgIpc) is 2.71. The van der Waals surface area contributed by atoms with E-state index < -0.39 is 0 Å². The van der Waals surface area contributed by atoms with Crippen LogP contribution in [0.25, 0.3) is 21.8 Å². The minimum Gasteiger partial charge on any atom is -0.307 e. The Bertz CT molecular complexity index is 483. The highest BCUT2D eigenvalue weighted by molar-refractivity contribution is 6.03. The van der Waals surface area contributed by atoms with Crippen molar-refractivity contribution in [2.75, 3.05) is 0 Å². The van der Waals surface area contributed by atoms with E-state index in [9.17, 15) is 0 Å². The van der Waals surface area contributed by atoms with Gasteiger partial charge >= 0.3 is 0 Å². The zero-order valence-corrected chi connectivity index (χ0v) is 6.33. The molecular formula is C9H7N3. The summed E-state index contributed by atoms with van der Waals surface area (Å²) in [6.07, 6.45) is 3.77. The number of fused-ring (bicyclic) bond motifs is 3. The van der Waals surface area contributed by atoms with E-state index in [1.807, 2.05) is 24.5 Å². The molecule has 3 nitrogen and oxygen atoms in total. The molecule has 0 radical (unpaired) electrons. The number of nitrogens with zero attached hydrogens (tertiary/aromatic N) is 1. The molecule has 0 spiro atoms. The van der Waals surface area contributed by atoms with Crippen molar-refractivity contribution in [3.63, 3.8) is 0 Å². The highest BCUT2D eigenvalue weighted by atomic mass is 15.1. The van der Waals surface area contributed by atoms with E-state index in [1.165, 1.54) is 10.8 Å². The van der Waals surface area contributed by atoms with Crippen molar-refractivity contribution in [1.29, 1.82) is 0 Å². The summed E-state index contributed by atoms with van der Waals surface area (Å²) in [6.45, 7) is 0. The summed E-state index contributed by atoms with van der Waals surface area (Å²) in [7, 11) is 0. The monoisotopic (exact) mass is 157 g/mol. The second-order valence-electron chi connectivity index (χ2n) is 2.82. The lowest BCUT2D eigenvalue weighted by atomic mass is 10.2. The number of aromatic amines is 2. The molecule has 3 heteroatoms. The van der Waals surface area contributed by atoms with Gasteiger partial charge in [-0.2, -0.15) is 0 Å². The topological polar surface area (TPSA) is 44.5 Å². The van der Waals surface area contributed by atoms with Crippen LogP contribution >= 0.6 is 0 Å². The average molecular weight is 157 g/mol. The molecule has 12 heavy (non-hydrogen) atoms. The lowest BCUT2D eigenvalue weighted by molar-refractivity contribution is 1.12. The Balaban J connectivity index is 2.71. The number of nitrogens with one attached hydrogen (secondary N) is 2. The van der Waals surface area contributed by atoms with Gasteiger partial charge in [0.05, 0.1) is 11.0 Å². The van der Waals surface area contributed by atoms with Gasteiger partial charge in [0.25, 0.3) is 0 Å². The lowest BCUT2D eigenvalue weighted by Crippen LogP contribution is -1.70. The number of hydrogen-bond donors (Lipinski definition) is 2. The van der Waals surface area contributed by atoms with Gasteiger partial charge in [0.2, 0.25) is 0 Å². The normalized spacial score (nSPS) is 11.3. The van der Waals surface area contributed by atoms with E-state index in [0.29, 0.717) is 0 Å². The van der Waals surface area contributed by atoms with Gasteiger partial charge in [-0.25, -0.2) is 0 Å². The number of H-pyrrole nitrogens is 2. The summed E-state index contributed by atoms with van der Waals surface area (Å²) in [5.74, 6) is 0. The van der Waals surface area contributed by atoms with Crippen LogP contribution in [0.3, 0.4) is 0 Å². The van der Waals surface area contributed by atoms with Crippen LogP contribution in [-0.2, 0) is 0 Å². The van der Waals surface area contributed by atoms with E-state index in [2.05, 4.69) is 21.2 Å². The molecule has 1 aromatic carbocycles. The van der Waals surface area contributed by atoms with Crippen LogP contribution in [0.5, 0.6) is 0 Å². The molecule has 0 bridgehead atoms. The lowest BCUT2D eigenvalue weighted by Gasteiger charge is -1.89. The third kappa shape index (κ3) is 0.580. The first kappa shape index (κ1) is 5.83. The van der Waals surface area contributed by atoms with Gasteiger partial charge < -0.3 is 10.2 Å². The van der Waals surface area contributed by atoms with Crippen LogP contribution in [-0.4, -0.2) is 15.2 Å². The van der Waals surface area contributed by atoms with Crippen LogP contribution in [0.4, 0.5) is 0 Å². The highest BCUT2D eigenvalue weighted by Gasteiger charge is 2.01. The summed E-state index contributed by atoms with van der Waals surface area (Å²) < 4.78 is 0. The highest BCUT2D eigenvalue weighted by Crippen LogP contribution is 2.21. The molecule has 0 saturated carbocycles. The minimum absolute atomic E-state index is 1.04. The summed E-state index contributed by atoms with van der Waals surface area (Å²) in [4.78, 5) is 4.21. The second-order valence-corrected chi connectivity index (χ2v) is 2.82. The molecule has 3 rings (SSSR count). The Labute approximate surface area is 68.4 Å². The maximum Gasteiger partial charge on any atom is 0.0724 e. The molecule has 0 atom stereocenters. The van der Waals surface area contributed by atoms with Crippen molar-refractivity contribution < 1.29 is 0 Å². The van der Waals surface area contributed by atoms with Gasteiger partial charge in [-0.1, -0.05) is 0 Å². The van der Waals surface area contributed by atoms with E-state index >= 15 is 0 Å². The molecule has 0 aliphatic heterocycles. The van der Waals surface area contributed by atoms with Crippen LogP contribution in [0, 0.1) is 0 Å². The summed E-state index contributed by atoms with van der Waals surface area (Å²) in [5.41, 5.74) is 2.17. The maximum atomic E-state index is 4.21. The molecule has 3 aromatic rings. The van der Waals surface area contributed by atoms with Gasteiger partial charge in [-0.05, 0) is 18.2 Å². The predicted octanol–water partition coefficient (Wildman–Crippen LogP) is 2.04. The van der Waals surface area contributed by atoms with Crippen LogP contribution < -0.4 is 0 Å². The summed E-state index contributed by atoms with van der Waals surface area (Å²) >= 11 is 0. The Hall–Kier alpha value is -1.77. The molecule has 2 heterocycles. The molecule has 0 saturated heterocycles. The largest absolute Gasteiger partial charge is 0.307 e. The van der Waals surface area contributed by atoms with E-state index in [-0.39, 0.29) is 0 Å². The van der Waals surface area contributed by atoms with Gasteiger partial charge in [0.1, 0.15) is 0 Å². The number of benzene rings is 1. The van der Waals surface area contributed by atoms with Crippen LogP contribution in [0.15, 0.2) is 30.6 Å². The molecule has 0 unspecified atom stereocenters. The molecule has 2 N–H and O–H groups in total. The zero-order chi connectivity index (χ0) is 7.97. The Morgan fingerprint density at radius 3 is 3.17 bits per heavy atom. The maximum absolute atomic E-state index is 4.21. The first-order valence-corrected chi connectivity index (χ1v) is 3.84. The Kier molecular flexibility index (Phi) is 0.913. The first-order valence-electron chi connectivity index (χ1n) is 3.84. The fraction of sp³-hybridized carbons (Fsp3) is 0. The van der Waals surface area contributed by atoms with Gasteiger partial charge in [0.15, 0.2) is 0 Å². The predicted molar refractivity (Wildman–Crippen MR) is 48.0 cm³/mol. The van der Waals surface area contributed by atoms with Crippen molar-refractivity contribution in [1.82, 2.24) is 15.2 Å². The van der Waals surface area contributed by atoms with E-state index in [4.69, 9.17) is 0 Å². The Morgan fingerprint density at radius 2 is 2.17 bits per heavy atom. The van der Waals surface area contributed by atoms with Crippen LogP contribution in [0.1, 0.15) is 0 Å². The van der Waals surface area contributed by atoms with Gasteiger partial charge in [-0.3, -0.25) is 4.98 Å². The van der Waals surface area contributed by atoms with Crippen molar-refractivity contribution in [2.45, 2.75) is 0 Å². The number of aromatic nitrogens is 3. The molecular weight excluding hydrogens is 150 g/mol. The fourth-order valence-electron chi connectivity index (χ4n) is 1.54. The van der Waals surface area contributed by atoms with Crippen molar-refractivity contribution in [3.8, 4) is 0 Å². The smallest absolute Gasteiger partial charge is 0.0724 e. The fourth-order valence-corrected chi connectivity index (χ4v) is 1.54. The molecule has 58 valence electrons. The quantitative estimate of drug-likeness (QED) is 0.515. The van der Waals surface area contributed by atoms with E-state index in [1.54, 1.807) is 0 Å². The summed E-state index contributed by atoms with van der Waals surface area (Å²) in [6, 6.07) is 6.10. The third-order valence-electron chi connectivity index (χ3n) is 2.13. The van der Waals surface area contributed by atoms with Gasteiger partial charge in [-0.15, -0.1) is 0 Å². The Morgan fingerprint density at radius 1 is 1.17 bits per heavy atom. The van der Waals surface area contributed by atoms with Crippen molar-refractivity contribution in [2.24, 2.45) is 0 Å². The first-order chi connectivity index (χ1) is 5.95. The second kappa shape index (κ2) is 1.88. The van der Waals surface area contributed by atoms with E-state index in [0.717, 1.165) is 11.0 Å². The third-order valence-corrected chi connectivity index (χ3v) is 2.13. The number of rotatable bonds is 0. The van der Waals surface area contributed by atoms with Crippen LogP contribution in [0.2, 0.25) is 0 Å². The van der Waals surface area contributed by atoms with Gasteiger partial charge in [0, 0.05) is 23.2 Å². The standard InChI is InChI=1S/C9H7N3/c1-2-8-7(3-4-10-8)9-6(1)5-11-12-9/h1-5,11-12H. The molecule has 0 aliphatic rings. The molecule has 2 aromatic heterocycles. The van der Waals surface area contributed by atoms with Crippen molar-refractivity contribution in [3.05, 3.63) is 30.6 Å². The minimum atomic E-state index is 1.04. The molecule has 0 amide bonds. The summed E-state index contributed by atoms with van der Waals surface area (Å²) in [5, 5.41) is 8.42. The molecule has 0 fully saturated rings. The zero-order valence-electron chi connectivity index (χ0n) is 6.33.